The van der Waals surface area contributed by atoms with Gasteiger partial charge in [0.15, 0.2) is 5.13 Å². The molecule has 3 N–H and O–H groups in total. The molecule has 1 aromatic carbocycles. The molecule has 13 heteroatoms. The zero-order chi connectivity index (χ0) is 28.7. The van der Waals surface area contributed by atoms with Crippen LogP contribution in [0.1, 0.15) is 65.3 Å². The number of nitrogens with one attached hydrogen (secondary N) is 3. The smallest absolute Gasteiger partial charge is 0.439 e. The van der Waals surface area contributed by atoms with E-state index in [1.165, 1.54) is 30.4 Å². The number of halogens is 1. The van der Waals surface area contributed by atoms with Gasteiger partial charge in [0.05, 0.1) is 5.69 Å². The number of aryl methyl sites for hydroxylation is 2. The van der Waals surface area contributed by atoms with Crippen molar-refractivity contribution in [3.8, 4) is 0 Å². The summed E-state index contributed by atoms with van der Waals surface area (Å²) in [4.78, 5) is 52.8. The average molecular weight is 552 g/mol. The van der Waals surface area contributed by atoms with Crippen molar-refractivity contribution >= 4 is 40.6 Å². The summed E-state index contributed by atoms with van der Waals surface area (Å²) in [6.45, 7) is 10.8. The molecule has 0 saturated heterocycles. The molecular weight excluding hydrogens is 517 g/mol. The molecule has 0 aliphatic rings. The van der Waals surface area contributed by atoms with Crippen LogP contribution < -0.4 is 16.1 Å². The summed E-state index contributed by atoms with van der Waals surface area (Å²) in [5.41, 5.74) is 1.93. The summed E-state index contributed by atoms with van der Waals surface area (Å²) in [6.07, 6.45) is -1.20. The number of nitrogens with zero attached hydrogens (tertiary/aromatic N) is 2. The van der Waals surface area contributed by atoms with Crippen molar-refractivity contribution in [2.24, 2.45) is 0 Å². The Morgan fingerprint density at radius 2 is 1.61 bits per heavy atom. The molecule has 0 atom stereocenters. The quantitative estimate of drug-likeness (QED) is 0.434. The number of carbonyl (C=O) groups is 4. The van der Waals surface area contributed by atoms with Gasteiger partial charge >= 0.3 is 18.2 Å². The van der Waals surface area contributed by atoms with E-state index in [4.69, 9.17) is 9.47 Å². The number of hydrogen-bond donors (Lipinski definition) is 3. The molecule has 2 rings (SSSR count). The molecule has 0 aliphatic heterocycles. The largest absolute Gasteiger partial charge is 0.442 e. The van der Waals surface area contributed by atoms with E-state index in [-0.39, 0.29) is 18.0 Å². The Morgan fingerprint density at radius 3 is 2.13 bits per heavy atom. The summed E-state index contributed by atoms with van der Waals surface area (Å²) in [5, 5.41) is 7.69. The Balaban J connectivity index is 1.97. The standard InChI is InChI=1S/C25H34FN5O6S/c1-15(32)28-21-29-18(14-38-21)11-9-16-8-10-17(19(26)12-16)13-27-20(33)30-31(22(34)36-24(2,3)4)23(35)37-25(5,6)7/h8,10,12,14H,9,11,13H2,1-7H3,(H2,27,30,33)(H,28,29,32). The second-order valence-corrected chi connectivity index (χ2v) is 11.2. The topological polar surface area (TPSA) is 139 Å². The van der Waals surface area contributed by atoms with Crippen LogP contribution in [0, 0.1) is 5.82 Å². The van der Waals surface area contributed by atoms with Gasteiger partial charge < -0.3 is 20.1 Å². The number of thiazole rings is 1. The fourth-order valence-electron chi connectivity index (χ4n) is 2.89. The van der Waals surface area contributed by atoms with E-state index in [1.807, 2.05) is 5.38 Å². The number of hydrazine groups is 1. The van der Waals surface area contributed by atoms with Gasteiger partial charge in [0.1, 0.15) is 17.0 Å². The molecule has 0 radical (unpaired) electrons. The van der Waals surface area contributed by atoms with Crippen molar-refractivity contribution in [3.63, 3.8) is 0 Å². The van der Waals surface area contributed by atoms with Gasteiger partial charge in [-0.25, -0.2) is 29.2 Å². The summed E-state index contributed by atoms with van der Waals surface area (Å²) >= 11 is 1.32. The van der Waals surface area contributed by atoms with Gasteiger partial charge in [-0.1, -0.05) is 12.1 Å². The maximum absolute atomic E-state index is 14.7. The first-order valence-electron chi connectivity index (χ1n) is 11.8. The SMILES string of the molecule is CC(=O)Nc1nc(CCc2ccc(CNC(=O)NN(C(=O)OC(C)(C)C)C(=O)OC(C)(C)C)c(F)c2)cs1. The third kappa shape index (κ3) is 10.7. The van der Waals surface area contributed by atoms with Crippen molar-refractivity contribution in [3.05, 3.63) is 46.2 Å². The van der Waals surface area contributed by atoms with E-state index >= 15 is 0 Å². The Hall–Kier alpha value is -3.74. The normalized spacial score (nSPS) is 11.4. The predicted octanol–water partition coefficient (Wildman–Crippen LogP) is 4.91. The second kappa shape index (κ2) is 12.7. The monoisotopic (exact) mass is 551 g/mol. The maximum atomic E-state index is 14.7. The molecule has 0 fully saturated rings. The van der Waals surface area contributed by atoms with Crippen molar-refractivity contribution < 1.29 is 33.0 Å². The lowest BCUT2D eigenvalue weighted by molar-refractivity contribution is -0.114. The number of imide groups is 1. The lowest BCUT2D eigenvalue weighted by Gasteiger charge is -2.28. The molecule has 0 spiro atoms. The lowest BCUT2D eigenvalue weighted by Crippen LogP contribution is -2.55. The first-order chi connectivity index (χ1) is 17.5. The molecule has 1 aromatic heterocycles. The van der Waals surface area contributed by atoms with Gasteiger partial charge in [0.2, 0.25) is 5.91 Å². The second-order valence-electron chi connectivity index (χ2n) is 10.3. The van der Waals surface area contributed by atoms with Crippen molar-refractivity contribution in [2.75, 3.05) is 5.32 Å². The summed E-state index contributed by atoms with van der Waals surface area (Å²) < 4.78 is 25.0. The Bertz CT molecular complexity index is 1140. The van der Waals surface area contributed by atoms with E-state index in [1.54, 1.807) is 47.6 Å². The molecule has 11 nitrogen and oxygen atoms in total. The van der Waals surface area contributed by atoms with E-state index in [0.29, 0.717) is 23.0 Å². The molecule has 5 amide bonds. The molecule has 208 valence electrons. The summed E-state index contributed by atoms with van der Waals surface area (Å²) in [6, 6.07) is 3.69. The molecule has 0 saturated carbocycles. The minimum absolute atomic E-state index is 0.201. The molecular formula is C25H34FN5O6S. The zero-order valence-electron chi connectivity index (χ0n) is 22.6. The fraction of sp³-hybridized carbons (Fsp3) is 0.480. The van der Waals surface area contributed by atoms with Gasteiger partial charge in [-0.2, -0.15) is 0 Å². The molecule has 38 heavy (non-hydrogen) atoms. The fourth-order valence-corrected chi connectivity index (χ4v) is 3.68. The Kier molecular flexibility index (Phi) is 10.2. The number of urea groups is 1. The molecule has 0 unspecified atom stereocenters. The van der Waals surface area contributed by atoms with Crippen LogP contribution in [0.25, 0.3) is 0 Å². The van der Waals surface area contributed by atoms with Crippen molar-refractivity contribution in [2.45, 2.75) is 79.1 Å². The van der Waals surface area contributed by atoms with Crippen LogP contribution in [0.2, 0.25) is 0 Å². The number of rotatable bonds is 6. The molecule has 2 aromatic rings. The molecule has 1 heterocycles. The minimum atomic E-state index is -1.14. The van der Waals surface area contributed by atoms with Crippen LogP contribution in [0.3, 0.4) is 0 Å². The third-order valence-electron chi connectivity index (χ3n) is 4.43. The van der Waals surface area contributed by atoms with Crippen molar-refractivity contribution in [1.29, 1.82) is 0 Å². The Morgan fingerprint density at radius 1 is 1.00 bits per heavy atom. The zero-order valence-corrected chi connectivity index (χ0v) is 23.4. The van der Waals surface area contributed by atoms with Gasteiger partial charge in [-0.3, -0.25) is 4.79 Å². The summed E-state index contributed by atoms with van der Waals surface area (Å²) in [5.74, 6) is -0.732. The van der Waals surface area contributed by atoms with Crippen molar-refractivity contribution in [1.82, 2.24) is 20.7 Å². The Labute approximate surface area is 225 Å². The van der Waals surface area contributed by atoms with Crippen LogP contribution >= 0.6 is 11.3 Å². The molecule has 0 bridgehead atoms. The average Bonchev–Trinajstić information content (AvgIpc) is 3.19. The van der Waals surface area contributed by atoms with E-state index in [2.05, 4.69) is 21.0 Å². The number of anilines is 1. The highest BCUT2D eigenvalue weighted by molar-refractivity contribution is 7.13. The number of carbonyl (C=O) groups excluding carboxylic acids is 4. The third-order valence-corrected chi connectivity index (χ3v) is 5.23. The number of ether oxygens (including phenoxy) is 2. The van der Waals surface area contributed by atoms with E-state index in [0.717, 1.165) is 11.3 Å². The number of aromatic nitrogens is 1. The van der Waals surface area contributed by atoms with Gasteiger partial charge in [0.25, 0.3) is 0 Å². The van der Waals surface area contributed by atoms with Crippen LogP contribution in [0.15, 0.2) is 23.6 Å². The lowest BCUT2D eigenvalue weighted by atomic mass is 10.1. The van der Waals surface area contributed by atoms with Crippen LogP contribution in [0.4, 0.5) is 23.9 Å². The highest BCUT2D eigenvalue weighted by atomic mass is 32.1. The van der Waals surface area contributed by atoms with Crippen LogP contribution in [-0.2, 0) is 33.7 Å². The number of amides is 5. The number of benzene rings is 1. The summed E-state index contributed by atoms with van der Waals surface area (Å²) in [7, 11) is 0. The number of hydrogen-bond acceptors (Lipinski definition) is 8. The highest BCUT2D eigenvalue weighted by Gasteiger charge is 2.32. The van der Waals surface area contributed by atoms with Gasteiger partial charge in [-0.05, 0) is 66.0 Å². The first-order valence-corrected chi connectivity index (χ1v) is 12.7. The van der Waals surface area contributed by atoms with E-state index < -0.39 is 35.2 Å². The van der Waals surface area contributed by atoms with Gasteiger partial charge in [0, 0.05) is 24.4 Å². The first kappa shape index (κ1) is 30.5. The molecule has 0 aliphatic carbocycles. The van der Waals surface area contributed by atoms with Crippen LogP contribution in [-0.4, -0.2) is 45.3 Å². The van der Waals surface area contributed by atoms with Gasteiger partial charge in [-0.15, -0.1) is 16.3 Å². The highest BCUT2D eigenvalue weighted by Crippen LogP contribution is 2.18. The van der Waals surface area contributed by atoms with Crippen LogP contribution in [0.5, 0.6) is 0 Å². The predicted molar refractivity (Wildman–Crippen MR) is 140 cm³/mol. The van der Waals surface area contributed by atoms with E-state index in [9.17, 15) is 23.6 Å². The minimum Gasteiger partial charge on any atom is -0.442 e. The maximum Gasteiger partial charge on any atom is 0.439 e.